The first-order chi connectivity index (χ1) is 9.33. The van der Waals surface area contributed by atoms with Crippen LogP contribution in [-0.4, -0.2) is 16.3 Å². The van der Waals surface area contributed by atoms with E-state index >= 15 is 0 Å². The van der Waals surface area contributed by atoms with E-state index in [1.807, 2.05) is 46.8 Å². The number of ketones is 1. The Morgan fingerprint density at radius 1 is 0.905 bits per heavy atom. The summed E-state index contributed by atoms with van der Waals surface area (Å²) in [4.78, 5) is 22.1. The van der Waals surface area contributed by atoms with Crippen molar-refractivity contribution in [3.63, 3.8) is 0 Å². The monoisotopic (exact) mass is 312 g/mol. The van der Waals surface area contributed by atoms with Gasteiger partial charge in [-0.1, -0.05) is 24.3 Å². The maximum Gasteiger partial charge on any atom is 0.183 e. The van der Waals surface area contributed by atoms with E-state index in [4.69, 9.17) is 21.4 Å². The Morgan fingerprint density at radius 3 is 1.76 bits per heavy atom. The third-order valence-electron chi connectivity index (χ3n) is 2.88. The molecule has 1 aromatic rings. The molecule has 4 heteroatoms. The molecule has 0 aliphatic rings. The second kappa shape index (κ2) is 6.07. The predicted octanol–water partition coefficient (Wildman–Crippen LogP) is 4.87. The predicted molar refractivity (Wildman–Crippen MR) is 85.7 cm³/mol. The van der Waals surface area contributed by atoms with Crippen LogP contribution in [0.4, 0.5) is 0 Å². The van der Waals surface area contributed by atoms with Crippen molar-refractivity contribution in [2.75, 3.05) is 0 Å². The van der Waals surface area contributed by atoms with Crippen LogP contribution in [0.1, 0.15) is 64.4 Å². The minimum absolute atomic E-state index is 0.0969. The first kappa shape index (κ1) is 18.1. The van der Waals surface area contributed by atoms with Crippen LogP contribution in [-0.2, 0) is 15.4 Å². The van der Waals surface area contributed by atoms with Gasteiger partial charge in [0.25, 0.3) is 0 Å². The lowest BCUT2D eigenvalue weighted by molar-refractivity contribution is -0.401. The van der Waals surface area contributed by atoms with Crippen molar-refractivity contribution in [3.05, 3.63) is 35.4 Å². The molecule has 0 aliphatic carbocycles. The van der Waals surface area contributed by atoms with Gasteiger partial charge in [0.2, 0.25) is 0 Å². The Kier molecular flexibility index (Phi) is 5.25. The van der Waals surface area contributed by atoms with E-state index in [1.54, 1.807) is 26.0 Å². The summed E-state index contributed by atoms with van der Waals surface area (Å²) in [7, 11) is 0. The second-order valence-corrected chi connectivity index (χ2v) is 8.11. The molecule has 118 valence electrons. The normalized spacial score (nSPS) is 13.3. The van der Waals surface area contributed by atoms with Gasteiger partial charge in [0.05, 0.1) is 5.60 Å². The lowest BCUT2D eigenvalue weighted by atomic mass is 9.94. The van der Waals surface area contributed by atoms with E-state index < -0.39 is 10.5 Å². The van der Waals surface area contributed by atoms with Crippen LogP contribution >= 0.6 is 11.6 Å². The van der Waals surface area contributed by atoms with Crippen LogP contribution in [0.5, 0.6) is 0 Å². The van der Waals surface area contributed by atoms with E-state index in [2.05, 4.69) is 0 Å². The van der Waals surface area contributed by atoms with Gasteiger partial charge in [0, 0.05) is 5.56 Å². The SMILES string of the molecule is CC(C)(C)OOC(C)(C)c1ccc(C(=O)C(C)(C)Cl)cc1. The van der Waals surface area contributed by atoms with E-state index in [-0.39, 0.29) is 11.4 Å². The van der Waals surface area contributed by atoms with Crippen molar-refractivity contribution in [2.24, 2.45) is 0 Å². The Bertz CT molecular complexity index is 490. The van der Waals surface area contributed by atoms with Crippen molar-refractivity contribution in [2.45, 2.75) is 64.5 Å². The number of carbonyl (C=O) groups excluding carboxylic acids is 1. The molecule has 0 saturated carbocycles. The zero-order chi connectivity index (χ0) is 16.5. The summed E-state index contributed by atoms with van der Waals surface area (Å²) in [5.41, 5.74) is 0.531. The summed E-state index contributed by atoms with van der Waals surface area (Å²) < 4.78 is 0. The number of alkyl halides is 1. The van der Waals surface area contributed by atoms with Crippen LogP contribution < -0.4 is 0 Å². The fourth-order valence-electron chi connectivity index (χ4n) is 1.64. The summed E-state index contributed by atoms with van der Waals surface area (Å²) in [6, 6.07) is 7.26. The van der Waals surface area contributed by atoms with Crippen LogP contribution in [0.25, 0.3) is 0 Å². The standard InChI is InChI=1S/C17H25ClO3/c1-15(2,3)20-21-17(6,7)13-10-8-12(9-11-13)14(19)16(4,5)18/h8-11H,1-7H3. The molecule has 0 heterocycles. The van der Waals surface area contributed by atoms with Crippen LogP contribution in [0.15, 0.2) is 24.3 Å². The maximum absolute atomic E-state index is 12.1. The quantitative estimate of drug-likeness (QED) is 0.337. The molecule has 0 saturated heterocycles. The number of carbonyl (C=O) groups is 1. The number of hydrogen-bond acceptors (Lipinski definition) is 3. The average Bonchev–Trinajstić information content (AvgIpc) is 2.34. The van der Waals surface area contributed by atoms with Gasteiger partial charge in [-0.15, -0.1) is 11.6 Å². The average molecular weight is 313 g/mol. The zero-order valence-electron chi connectivity index (χ0n) is 13.9. The molecule has 0 radical (unpaired) electrons. The number of halogens is 1. The minimum atomic E-state index is -0.900. The smallest absolute Gasteiger partial charge is 0.183 e. The van der Waals surface area contributed by atoms with Crippen molar-refractivity contribution in [1.82, 2.24) is 0 Å². The zero-order valence-corrected chi connectivity index (χ0v) is 14.7. The van der Waals surface area contributed by atoms with Gasteiger partial charge in [-0.25, -0.2) is 9.78 Å². The molecular weight excluding hydrogens is 288 g/mol. The highest BCUT2D eigenvalue weighted by Crippen LogP contribution is 2.28. The summed E-state index contributed by atoms with van der Waals surface area (Å²) >= 11 is 6.05. The fraction of sp³-hybridized carbons (Fsp3) is 0.588. The largest absolute Gasteiger partial charge is 0.292 e. The Balaban J connectivity index is 2.89. The van der Waals surface area contributed by atoms with Crippen LogP contribution in [0.3, 0.4) is 0 Å². The number of Topliss-reactive ketones (excluding diaryl/α,β-unsaturated/α-hetero) is 1. The second-order valence-electron chi connectivity index (χ2n) is 7.17. The van der Waals surface area contributed by atoms with Gasteiger partial charge in [-0.2, -0.15) is 0 Å². The molecular formula is C17H25ClO3. The van der Waals surface area contributed by atoms with Crippen molar-refractivity contribution in [1.29, 1.82) is 0 Å². The molecule has 1 rings (SSSR count). The van der Waals surface area contributed by atoms with E-state index in [9.17, 15) is 4.79 Å². The van der Waals surface area contributed by atoms with Gasteiger partial charge < -0.3 is 0 Å². The van der Waals surface area contributed by atoms with Gasteiger partial charge in [-0.05, 0) is 54.0 Å². The molecule has 0 fully saturated rings. The topological polar surface area (TPSA) is 35.5 Å². The summed E-state index contributed by atoms with van der Waals surface area (Å²) in [6.07, 6.45) is 0. The van der Waals surface area contributed by atoms with Crippen molar-refractivity contribution < 1.29 is 14.6 Å². The number of rotatable bonds is 5. The highest BCUT2D eigenvalue weighted by atomic mass is 35.5. The van der Waals surface area contributed by atoms with E-state index in [0.717, 1.165) is 5.56 Å². The molecule has 0 spiro atoms. The molecule has 0 aromatic heterocycles. The third kappa shape index (κ3) is 5.42. The molecule has 0 atom stereocenters. The van der Waals surface area contributed by atoms with Crippen molar-refractivity contribution >= 4 is 17.4 Å². The first-order valence-electron chi connectivity index (χ1n) is 7.04. The minimum Gasteiger partial charge on any atom is -0.292 e. The third-order valence-corrected chi connectivity index (χ3v) is 3.05. The van der Waals surface area contributed by atoms with Gasteiger partial charge >= 0.3 is 0 Å². The summed E-state index contributed by atoms with van der Waals surface area (Å²) in [5.74, 6) is -0.0969. The molecule has 3 nitrogen and oxygen atoms in total. The molecule has 0 amide bonds. The fourth-order valence-corrected chi connectivity index (χ4v) is 1.75. The summed E-state index contributed by atoms with van der Waals surface area (Å²) in [6.45, 7) is 13.0. The Morgan fingerprint density at radius 2 is 1.38 bits per heavy atom. The van der Waals surface area contributed by atoms with Gasteiger partial charge in [-0.3, -0.25) is 4.79 Å². The molecule has 0 aliphatic heterocycles. The highest BCUT2D eigenvalue weighted by molar-refractivity contribution is 6.37. The van der Waals surface area contributed by atoms with Crippen LogP contribution in [0, 0.1) is 0 Å². The van der Waals surface area contributed by atoms with E-state index in [0.29, 0.717) is 5.56 Å². The highest BCUT2D eigenvalue weighted by Gasteiger charge is 2.28. The number of benzene rings is 1. The van der Waals surface area contributed by atoms with Crippen molar-refractivity contribution in [3.8, 4) is 0 Å². The maximum atomic E-state index is 12.1. The lowest BCUT2D eigenvalue weighted by Gasteiger charge is -2.29. The first-order valence-corrected chi connectivity index (χ1v) is 7.42. The summed E-state index contributed by atoms with van der Waals surface area (Å²) in [5, 5.41) is 0. The van der Waals surface area contributed by atoms with Gasteiger partial charge in [0.15, 0.2) is 5.78 Å². The van der Waals surface area contributed by atoms with Crippen LogP contribution in [0.2, 0.25) is 0 Å². The van der Waals surface area contributed by atoms with E-state index in [1.165, 1.54) is 0 Å². The lowest BCUT2D eigenvalue weighted by Crippen LogP contribution is -2.29. The molecule has 1 aromatic carbocycles. The molecule has 21 heavy (non-hydrogen) atoms. The number of hydrogen-bond donors (Lipinski definition) is 0. The Hall–Kier alpha value is -0.900. The molecule has 0 bridgehead atoms. The van der Waals surface area contributed by atoms with Gasteiger partial charge in [0.1, 0.15) is 10.5 Å². The Labute approximate surface area is 132 Å². The molecule has 0 N–H and O–H groups in total. The molecule has 0 unspecified atom stereocenters.